The second kappa shape index (κ2) is 6.78. The number of benzene rings is 1. The van der Waals surface area contributed by atoms with Gasteiger partial charge < -0.3 is 5.32 Å². The zero-order valence-corrected chi connectivity index (χ0v) is 12.5. The van der Waals surface area contributed by atoms with Crippen LogP contribution in [0, 0.1) is 17.0 Å². The van der Waals surface area contributed by atoms with E-state index in [2.05, 4.69) is 10.0 Å². The van der Waals surface area contributed by atoms with E-state index in [-0.39, 0.29) is 23.2 Å². The summed E-state index contributed by atoms with van der Waals surface area (Å²) in [7, 11) is -3.64. The van der Waals surface area contributed by atoms with Crippen LogP contribution in [0.25, 0.3) is 0 Å². The van der Waals surface area contributed by atoms with Gasteiger partial charge in [-0.25, -0.2) is 13.1 Å². The Balaban J connectivity index is 2.80. The minimum atomic E-state index is -3.64. The Labute approximate surface area is 118 Å². The summed E-state index contributed by atoms with van der Waals surface area (Å²) in [6.45, 7) is 6.25. The molecule has 8 heteroatoms. The van der Waals surface area contributed by atoms with Gasteiger partial charge in [-0.2, -0.15) is 0 Å². The quantitative estimate of drug-likeness (QED) is 0.447. The Kier molecular flexibility index (Phi) is 5.61. The predicted molar refractivity (Wildman–Crippen MR) is 76.2 cm³/mol. The lowest BCUT2D eigenvalue weighted by Gasteiger charge is -2.11. The topological polar surface area (TPSA) is 101 Å². The molecule has 0 aliphatic carbocycles. The highest BCUT2D eigenvalue weighted by Crippen LogP contribution is 2.20. The Morgan fingerprint density at radius 2 is 1.95 bits per heavy atom. The number of nitrogens with one attached hydrogen (secondary N) is 2. The van der Waals surface area contributed by atoms with Gasteiger partial charge in [0.15, 0.2) is 0 Å². The van der Waals surface area contributed by atoms with E-state index in [4.69, 9.17) is 0 Å². The highest BCUT2D eigenvalue weighted by molar-refractivity contribution is 7.89. The molecule has 1 aromatic carbocycles. The maximum Gasteiger partial charge on any atom is 0.269 e. The molecule has 1 aromatic rings. The second-order valence-corrected chi connectivity index (χ2v) is 6.45. The number of nitrogens with zero attached hydrogens (tertiary/aromatic N) is 1. The molecule has 0 unspecified atom stereocenters. The van der Waals surface area contributed by atoms with Crippen LogP contribution in [0.1, 0.15) is 19.4 Å². The van der Waals surface area contributed by atoms with Gasteiger partial charge in [0, 0.05) is 31.3 Å². The largest absolute Gasteiger partial charge is 0.313 e. The van der Waals surface area contributed by atoms with Crippen molar-refractivity contribution < 1.29 is 13.3 Å². The molecular weight excluding hydrogens is 282 g/mol. The van der Waals surface area contributed by atoms with Crippen molar-refractivity contribution >= 4 is 15.7 Å². The molecule has 7 nitrogen and oxygen atoms in total. The molecule has 0 aliphatic heterocycles. The summed E-state index contributed by atoms with van der Waals surface area (Å²) >= 11 is 0. The first kappa shape index (κ1) is 16.5. The molecule has 1 rings (SSSR count). The van der Waals surface area contributed by atoms with Gasteiger partial charge in [-0.05, 0) is 18.6 Å². The zero-order valence-electron chi connectivity index (χ0n) is 11.7. The van der Waals surface area contributed by atoms with Crippen LogP contribution in [0.2, 0.25) is 0 Å². The molecule has 0 atom stereocenters. The van der Waals surface area contributed by atoms with Crippen LogP contribution in [0.15, 0.2) is 23.1 Å². The normalized spacial score (nSPS) is 11.8. The van der Waals surface area contributed by atoms with Gasteiger partial charge in [-0.15, -0.1) is 0 Å². The average Bonchev–Trinajstić information content (AvgIpc) is 2.34. The number of hydrogen-bond acceptors (Lipinski definition) is 5. The first-order valence-electron chi connectivity index (χ1n) is 6.22. The predicted octanol–water partition coefficient (Wildman–Crippen LogP) is 1.18. The summed E-state index contributed by atoms with van der Waals surface area (Å²) in [5, 5.41) is 13.7. The van der Waals surface area contributed by atoms with E-state index in [0.29, 0.717) is 12.1 Å². The lowest BCUT2D eigenvalue weighted by Crippen LogP contribution is -2.34. The summed E-state index contributed by atoms with van der Waals surface area (Å²) < 4.78 is 26.6. The number of nitro groups is 1. The number of hydrogen-bond donors (Lipinski definition) is 2. The lowest BCUT2D eigenvalue weighted by molar-refractivity contribution is -0.385. The fourth-order valence-corrected chi connectivity index (χ4v) is 2.93. The molecule has 112 valence electrons. The van der Waals surface area contributed by atoms with Crippen LogP contribution in [0.3, 0.4) is 0 Å². The van der Waals surface area contributed by atoms with Crippen molar-refractivity contribution in [1.82, 2.24) is 10.0 Å². The van der Waals surface area contributed by atoms with Crippen LogP contribution < -0.4 is 10.0 Å². The minimum absolute atomic E-state index is 0.0626. The highest BCUT2D eigenvalue weighted by Gasteiger charge is 2.18. The number of sulfonamides is 1. The van der Waals surface area contributed by atoms with E-state index in [1.165, 1.54) is 25.1 Å². The van der Waals surface area contributed by atoms with Gasteiger partial charge in [0.25, 0.3) is 5.69 Å². The fourth-order valence-electron chi connectivity index (χ4n) is 1.67. The molecule has 0 saturated heterocycles. The molecule has 2 N–H and O–H groups in total. The maximum atomic E-state index is 12.1. The van der Waals surface area contributed by atoms with Crippen molar-refractivity contribution in [3.63, 3.8) is 0 Å². The third-order valence-corrected chi connectivity index (χ3v) is 4.25. The third kappa shape index (κ3) is 4.55. The van der Waals surface area contributed by atoms with Gasteiger partial charge >= 0.3 is 0 Å². The number of nitro benzene ring substituents is 1. The summed E-state index contributed by atoms with van der Waals surface area (Å²) in [4.78, 5) is 10.1. The molecule has 0 saturated carbocycles. The molecule has 0 heterocycles. The monoisotopic (exact) mass is 301 g/mol. The average molecular weight is 301 g/mol. The van der Waals surface area contributed by atoms with Crippen LogP contribution in [-0.4, -0.2) is 32.5 Å². The first-order valence-corrected chi connectivity index (χ1v) is 7.70. The van der Waals surface area contributed by atoms with E-state index < -0.39 is 14.9 Å². The molecular formula is C12H19N3O4S. The molecule has 0 aromatic heterocycles. The number of aryl methyl sites for hydroxylation is 1. The fraction of sp³-hybridized carbons (Fsp3) is 0.500. The summed E-state index contributed by atoms with van der Waals surface area (Å²) in [5.74, 6) is 0. The van der Waals surface area contributed by atoms with Crippen molar-refractivity contribution in [2.75, 3.05) is 13.1 Å². The Hall–Kier alpha value is -1.51. The zero-order chi connectivity index (χ0) is 15.3. The third-order valence-electron chi connectivity index (χ3n) is 2.63. The first-order chi connectivity index (χ1) is 9.24. The summed E-state index contributed by atoms with van der Waals surface area (Å²) in [5.41, 5.74) is 0.228. The van der Waals surface area contributed by atoms with Crippen molar-refractivity contribution in [3.05, 3.63) is 33.9 Å². The van der Waals surface area contributed by atoms with E-state index >= 15 is 0 Å². The van der Waals surface area contributed by atoms with Crippen LogP contribution >= 0.6 is 0 Å². The molecule has 0 bridgehead atoms. The van der Waals surface area contributed by atoms with Crippen LogP contribution in [-0.2, 0) is 10.0 Å². The van der Waals surface area contributed by atoms with Crippen LogP contribution in [0.5, 0.6) is 0 Å². The minimum Gasteiger partial charge on any atom is -0.313 e. The van der Waals surface area contributed by atoms with Crippen LogP contribution in [0.4, 0.5) is 5.69 Å². The van der Waals surface area contributed by atoms with Crippen molar-refractivity contribution in [2.45, 2.75) is 31.7 Å². The van der Waals surface area contributed by atoms with Gasteiger partial charge in [-0.1, -0.05) is 13.8 Å². The van der Waals surface area contributed by atoms with Crippen molar-refractivity contribution in [2.24, 2.45) is 0 Å². The molecule has 0 spiro atoms. The van der Waals surface area contributed by atoms with Gasteiger partial charge in [0.05, 0.1) is 9.82 Å². The smallest absolute Gasteiger partial charge is 0.269 e. The number of rotatable bonds is 7. The van der Waals surface area contributed by atoms with E-state index in [9.17, 15) is 18.5 Å². The van der Waals surface area contributed by atoms with Gasteiger partial charge in [0.2, 0.25) is 10.0 Å². The maximum absolute atomic E-state index is 12.1. The molecule has 20 heavy (non-hydrogen) atoms. The molecule has 0 radical (unpaired) electrons. The SMILES string of the molecule is Cc1cc([N+](=O)[O-])ccc1S(=O)(=O)NCCNC(C)C. The standard InChI is InChI=1S/C12H19N3O4S/c1-9(2)13-6-7-14-20(18,19)12-5-4-11(15(16)17)8-10(12)3/h4-5,8-9,13-14H,6-7H2,1-3H3. The lowest BCUT2D eigenvalue weighted by atomic mass is 10.2. The molecule has 0 aliphatic rings. The Morgan fingerprint density at radius 1 is 1.30 bits per heavy atom. The van der Waals surface area contributed by atoms with Gasteiger partial charge in [-0.3, -0.25) is 10.1 Å². The van der Waals surface area contributed by atoms with Crippen molar-refractivity contribution in [1.29, 1.82) is 0 Å². The second-order valence-electron chi connectivity index (χ2n) is 4.71. The summed E-state index contributed by atoms with van der Waals surface area (Å²) in [6, 6.07) is 3.97. The Morgan fingerprint density at radius 3 is 2.45 bits per heavy atom. The highest BCUT2D eigenvalue weighted by atomic mass is 32.2. The summed E-state index contributed by atoms with van der Waals surface area (Å²) in [6.07, 6.45) is 0. The molecule has 0 fully saturated rings. The number of non-ortho nitro benzene ring substituents is 1. The molecule has 0 amide bonds. The van der Waals surface area contributed by atoms with E-state index in [1.54, 1.807) is 0 Å². The Bertz CT molecular complexity index is 584. The van der Waals surface area contributed by atoms with E-state index in [0.717, 1.165) is 0 Å². The van der Waals surface area contributed by atoms with Gasteiger partial charge in [0.1, 0.15) is 0 Å². The van der Waals surface area contributed by atoms with E-state index in [1.807, 2.05) is 13.8 Å². The van der Waals surface area contributed by atoms with Crippen molar-refractivity contribution in [3.8, 4) is 0 Å².